The van der Waals surface area contributed by atoms with E-state index in [0.29, 0.717) is 33.0 Å². The van der Waals surface area contributed by atoms with E-state index < -0.39 is 12.2 Å². The zero-order chi connectivity index (χ0) is 28.8. The lowest BCUT2D eigenvalue weighted by Crippen LogP contribution is -2.60. The number of benzene rings is 3. The van der Waals surface area contributed by atoms with Gasteiger partial charge in [0.2, 0.25) is 0 Å². The lowest BCUT2D eigenvalue weighted by Gasteiger charge is -2.46. The van der Waals surface area contributed by atoms with Gasteiger partial charge >= 0.3 is 0 Å². The zero-order valence-electron chi connectivity index (χ0n) is 24.0. The fraction of sp³-hybridized carbons (Fsp3) is 0.343. The minimum Gasteiger partial charge on any atom is -0.374 e. The molecule has 220 valence electrons. The first kappa shape index (κ1) is 30.4. The van der Waals surface area contributed by atoms with E-state index in [1.165, 1.54) is 0 Å². The Balaban J connectivity index is 1.40. The predicted octanol–water partition coefficient (Wildman–Crippen LogP) is 6.83. The molecule has 6 nitrogen and oxygen atoms in total. The number of ether oxygens (including phenoxy) is 5. The predicted molar refractivity (Wildman–Crippen MR) is 166 cm³/mol. The first-order valence-electron chi connectivity index (χ1n) is 14.5. The minimum atomic E-state index is -0.431. The lowest BCUT2D eigenvalue weighted by atomic mass is 9.99. The molecule has 0 saturated carbocycles. The van der Waals surface area contributed by atoms with Gasteiger partial charge in [0.25, 0.3) is 0 Å². The fourth-order valence-corrected chi connectivity index (χ4v) is 5.92. The number of rotatable bonds is 15. The van der Waals surface area contributed by atoms with Crippen molar-refractivity contribution in [3.8, 4) is 0 Å². The van der Waals surface area contributed by atoms with E-state index >= 15 is 0 Å². The first-order chi connectivity index (χ1) is 20.8. The quantitative estimate of drug-likeness (QED) is 0.152. The molecule has 0 N–H and O–H groups in total. The maximum absolute atomic E-state index is 6.74. The molecule has 0 aliphatic carbocycles. The zero-order valence-corrected chi connectivity index (χ0v) is 24.8. The van der Waals surface area contributed by atoms with E-state index in [1.54, 1.807) is 18.0 Å². The number of hydrogen-bond donors (Lipinski definition) is 0. The van der Waals surface area contributed by atoms with E-state index in [4.69, 9.17) is 23.7 Å². The first-order valence-corrected chi connectivity index (χ1v) is 15.6. The van der Waals surface area contributed by atoms with Crippen molar-refractivity contribution < 1.29 is 23.7 Å². The summed E-state index contributed by atoms with van der Waals surface area (Å²) in [6, 6.07) is 36.4. The van der Waals surface area contributed by atoms with Crippen molar-refractivity contribution in [1.29, 1.82) is 0 Å². The Bertz CT molecular complexity index is 1280. The Morgan fingerprint density at radius 2 is 1.17 bits per heavy atom. The van der Waals surface area contributed by atoms with Gasteiger partial charge in [-0.1, -0.05) is 104 Å². The molecule has 0 amide bonds. The van der Waals surface area contributed by atoms with Gasteiger partial charge in [0.15, 0.2) is 0 Å². The van der Waals surface area contributed by atoms with Crippen LogP contribution in [-0.2, 0) is 50.1 Å². The maximum atomic E-state index is 6.74. The summed E-state index contributed by atoms with van der Waals surface area (Å²) in [5, 5.41) is 0. The van der Waals surface area contributed by atoms with Gasteiger partial charge in [-0.15, -0.1) is 11.8 Å². The van der Waals surface area contributed by atoms with Gasteiger partial charge in [-0.3, -0.25) is 4.98 Å². The largest absolute Gasteiger partial charge is 0.374 e. The summed E-state index contributed by atoms with van der Waals surface area (Å²) in [4.78, 5) is 4.49. The van der Waals surface area contributed by atoms with Crippen molar-refractivity contribution in [1.82, 2.24) is 4.98 Å². The Labute approximate surface area is 253 Å². The highest BCUT2D eigenvalue weighted by atomic mass is 32.2. The van der Waals surface area contributed by atoms with Crippen LogP contribution in [0.2, 0.25) is 0 Å². The van der Waals surface area contributed by atoms with Gasteiger partial charge in [0.05, 0.1) is 38.7 Å². The normalized spacial score (nSPS) is 22.2. The summed E-state index contributed by atoms with van der Waals surface area (Å²) in [7, 11) is 0. The molecular formula is C35H39NO5S. The van der Waals surface area contributed by atoms with Crippen LogP contribution in [0, 0.1) is 0 Å². The van der Waals surface area contributed by atoms with Crippen LogP contribution in [0.1, 0.15) is 29.3 Å². The maximum Gasteiger partial charge on any atom is 0.132 e. The van der Waals surface area contributed by atoms with Gasteiger partial charge < -0.3 is 23.7 Å². The summed E-state index contributed by atoms with van der Waals surface area (Å²) in [5.74, 6) is 0.871. The van der Waals surface area contributed by atoms with Crippen molar-refractivity contribution >= 4 is 11.8 Å². The van der Waals surface area contributed by atoms with E-state index in [0.717, 1.165) is 28.1 Å². The minimum absolute atomic E-state index is 0.255. The second-order valence-corrected chi connectivity index (χ2v) is 11.5. The monoisotopic (exact) mass is 585 g/mol. The number of pyridine rings is 1. The van der Waals surface area contributed by atoms with Crippen molar-refractivity contribution in [2.24, 2.45) is 0 Å². The van der Waals surface area contributed by atoms with Gasteiger partial charge in [-0.25, -0.2) is 0 Å². The summed E-state index contributed by atoms with van der Waals surface area (Å²) in [6.45, 7) is 4.19. The van der Waals surface area contributed by atoms with Crippen LogP contribution >= 0.6 is 11.8 Å². The highest BCUT2D eigenvalue weighted by Gasteiger charge is 2.48. The molecular weight excluding hydrogens is 546 g/mol. The van der Waals surface area contributed by atoms with Crippen LogP contribution in [0.25, 0.3) is 0 Å². The number of aromatic nitrogens is 1. The standard InChI is InChI=1S/C35H39NO5S/c1-2-42-35-34(39-24-29-18-10-5-11-19-29)33(40-25-30-20-12-13-21-36-30)32(38-23-28-16-8-4-9-17-28)31(41-35)26-37-22-27-14-6-3-7-15-27/h3-21,31-35H,2,22-26H2,1H3/t31-,32-,33+,34-,35+/m1/s1. The molecule has 1 aromatic heterocycles. The van der Waals surface area contributed by atoms with Crippen molar-refractivity contribution in [2.75, 3.05) is 12.4 Å². The second-order valence-electron chi connectivity index (χ2n) is 10.1. The third kappa shape index (κ3) is 8.98. The van der Waals surface area contributed by atoms with Crippen LogP contribution in [0.3, 0.4) is 0 Å². The van der Waals surface area contributed by atoms with E-state index in [1.807, 2.05) is 72.8 Å². The Morgan fingerprint density at radius 3 is 1.74 bits per heavy atom. The molecule has 42 heavy (non-hydrogen) atoms. The van der Waals surface area contributed by atoms with Crippen molar-refractivity contribution in [2.45, 2.75) is 63.2 Å². The Kier molecular flexibility index (Phi) is 12.0. The fourth-order valence-electron chi connectivity index (χ4n) is 4.94. The van der Waals surface area contributed by atoms with Gasteiger partial charge in [-0.2, -0.15) is 0 Å². The van der Waals surface area contributed by atoms with E-state index in [-0.39, 0.29) is 17.6 Å². The van der Waals surface area contributed by atoms with Crippen LogP contribution in [-0.4, -0.2) is 47.2 Å². The molecule has 4 aromatic rings. The topological polar surface area (TPSA) is 59.0 Å². The molecule has 0 bridgehead atoms. The second kappa shape index (κ2) is 16.6. The average Bonchev–Trinajstić information content (AvgIpc) is 3.05. The summed E-state index contributed by atoms with van der Waals surface area (Å²) in [5.41, 5.74) is 3.88. The molecule has 5 rings (SSSR count). The number of hydrogen-bond acceptors (Lipinski definition) is 7. The summed E-state index contributed by atoms with van der Waals surface area (Å²) < 4.78 is 32.9. The SMILES string of the molecule is CCS[C@@H]1O[C@H](COCc2ccccc2)[C@@H](OCc2ccccc2)[C@H](OCc2ccccn2)[C@H]1OCc1ccccc1. The van der Waals surface area contributed by atoms with Gasteiger partial charge in [0.1, 0.15) is 29.9 Å². The van der Waals surface area contributed by atoms with Crippen molar-refractivity contribution in [3.05, 3.63) is 138 Å². The molecule has 1 aliphatic rings. The number of thioether (sulfide) groups is 1. The molecule has 5 atom stereocenters. The molecule has 0 spiro atoms. The third-order valence-electron chi connectivity index (χ3n) is 7.04. The Morgan fingerprint density at radius 1 is 0.619 bits per heavy atom. The van der Waals surface area contributed by atoms with Crippen LogP contribution in [0.5, 0.6) is 0 Å². The van der Waals surface area contributed by atoms with Crippen molar-refractivity contribution in [3.63, 3.8) is 0 Å². The van der Waals surface area contributed by atoms with Crippen LogP contribution in [0.4, 0.5) is 0 Å². The molecule has 2 heterocycles. The molecule has 7 heteroatoms. The highest BCUT2D eigenvalue weighted by molar-refractivity contribution is 7.99. The molecule has 3 aromatic carbocycles. The van der Waals surface area contributed by atoms with Gasteiger partial charge in [0, 0.05) is 6.20 Å². The third-order valence-corrected chi connectivity index (χ3v) is 8.08. The summed E-state index contributed by atoms with van der Waals surface area (Å²) >= 11 is 1.72. The summed E-state index contributed by atoms with van der Waals surface area (Å²) in [6.07, 6.45) is 0.212. The molecule has 1 fully saturated rings. The lowest BCUT2D eigenvalue weighted by molar-refractivity contribution is -0.254. The van der Waals surface area contributed by atoms with Crippen LogP contribution in [0.15, 0.2) is 115 Å². The molecule has 1 aliphatic heterocycles. The van der Waals surface area contributed by atoms with Gasteiger partial charge in [-0.05, 0) is 34.6 Å². The highest BCUT2D eigenvalue weighted by Crippen LogP contribution is 2.35. The molecule has 0 unspecified atom stereocenters. The average molecular weight is 586 g/mol. The smallest absolute Gasteiger partial charge is 0.132 e. The molecule has 1 saturated heterocycles. The van der Waals surface area contributed by atoms with E-state index in [9.17, 15) is 0 Å². The molecule has 0 radical (unpaired) electrons. The Hall–Kier alpha value is -3.04. The number of nitrogens with zero attached hydrogens (tertiary/aromatic N) is 1. The van der Waals surface area contributed by atoms with Crippen LogP contribution < -0.4 is 0 Å². The van der Waals surface area contributed by atoms with E-state index in [2.05, 4.69) is 48.3 Å².